The number of hydrogen-bond donors (Lipinski definition) is 0. The molecule has 27 heavy (non-hydrogen) atoms. The minimum Gasteiger partial charge on any atom is -0.376 e. The fraction of sp³-hybridized carbons (Fsp3) is 0.750. The van der Waals surface area contributed by atoms with Crippen molar-refractivity contribution in [2.75, 3.05) is 39.3 Å². The second kappa shape index (κ2) is 7.78. The van der Waals surface area contributed by atoms with Crippen LogP contribution >= 0.6 is 0 Å². The predicted octanol–water partition coefficient (Wildman–Crippen LogP) is 2.37. The third kappa shape index (κ3) is 4.21. The van der Waals surface area contributed by atoms with Gasteiger partial charge in [0.2, 0.25) is 0 Å². The Bertz CT molecular complexity index is 732. The number of hydrogen-bond acceptors (Lipinski definition) is 5. The summed E-state index contributed by atoms with van der Waals surface area (Å²) < 4.78 is 33.3. The summed E-state index contributed by atoms with van der Waals surface area (Å²) in [5, 5.41) is 0.153. The quantitative estimate of drug-likeness (QED) is 0.786. The summed E-state index contributed by atoms with van der Waals surface area (Å²) in [6, 6.07) is 5.04. The Labute approximate surface area is 163 Å². The number of sulfonamides is 1. The smallest absolute Gasteiger partial charge is 0.260 e. The average Bonchev–Trinajstić information content (AvgIpc) is 3.05. The Balaban J connectivity index is 1.33. The van der Waals surface area contributed by atoms with Gasteiger partial charge in [0, 0.05) is 32.4 Å². The maximum atomic E-state index is 12.8. The molecule has 0 bridgehead atoms. The molecule has 3 aliphatic heterocycles. The molecule has 0 aliphatic carbocycles. The zero-order valence-electron chi connectivity index (χ0n) is 16.2. The van der Waals surface area contributed by atoms with Gasteiger partial charge in [0.15, 0.2) is 5.03 Å². The molecule has 4 rings (SSSR count). The largest absolute Gasteiger partial charge is 0.376 e. The molecule has 0 aromatic carbocycles. The molecule has 4 heterocycles. The minimum atomic E-state index is -3.48. The van der Waals surface area contributed by atoms with Gasteiger partial charge in [0.05, 0.1) is 12.7 Å². The van der Waals surface area contributed by atoms with Crippen molar-refractivity contribution in [3.63, 3.8) is 0 Å². The molecular weight excluding hydrogens is 362 g/mol. The first-order chi connectivity index (χ1) is 13.0. The van der Waals surface area contributed by atoms with E-state index in [2.05, 4.69) is 16.8 Å². The van der Waals surface area contributed by atoms with Crippen molar-refractivity contribution in [3.8, 4) is 0 Å². The summed E-state index contributed by atoms with van der Waals surface area (Å²) in [6.07, 6.45) is 7.29. The van der Waals surface area contributed by atoms with E-state index in [4.69, 9.17) is 4.74 Å². The van der Waals surface area contributed by atoms with Crippen molar-refractivity contribution in [1.29, 1.82) is 0 Å². The van der Waals surface area contributed by atoms with Gasteiger partial charge in [-0.1, -0.05) is 13.0 Å². The normalized spacial score (nSPS) is 30.0. The van der Waals surface area contributed by atoms with E-state index in [1.54, 1.807) is 22.5 Å². The summed E-state index contributed by atoms with van der Waals surface area (Å²) >= 11 is 0. The molecular formula is C20H31N3O3S. The molecule has 0 radical (unpaired) electrons. The van der Waals surface area contributed by atoms with Gasteiger partial charge in [-0.15, -0.1) is 0 Å². The molecule has 1 spiro atoms. The van der Waals surface area contributed by atoms with Crippen LogP contribution in [-0.2, 0) is 14.8 Å². The molecule has 7 heteroatoms. The summed E-state index contributed by atoms with van der Waals surface area (Å²) in [4.78, 5) is 6.59. The molecule has 6 nitrogen and oxygen atoms in total. The van der Waals surface area contributed by atoms with Gasteiger partial charge >= 0.3 is 0 Å². The van der Waals surface area contributed by atoms with Crippen LogP contribution in [-0.4, -0.2) is 68.0 Å². The Morgan fingerprint density at radius 1 is 1.26 bits per heavy atom. The molecule has 1 aromatic rings. The molecule has 3 aliphatic rings. The van der Waals surface area contributed by atoms with Crippen LogP contribution in [0.5, 0.6) is 0 Å². The van der Waals surface area contributed by atoms with Crippen molar-refractivity contribution in [3.05, 3.63) is 24.4 Å². The van der Waals surface area contributed by atoms with E-state index < -0.39 is 10.0 Å². The van der Waals surface area contributed by atoms with Gasteiger partial charge in [-0.05, 0) is 62.1 Å². The van der Waals surface area contributed by atoms with Crippen LogP contribution < -0.4 is 0 Å². The molecule has 3 saturated heterocycles. The number of nitrogens with zero attached hydrogens (tertiary/aromatic N) is 3. The summed E-state index contributed by atoms with van der Waals surface area (Å²) in [5.74, 6) is 0.786. The highest BCUT2D eigenvalue weighted by molar-refractivity contribution is 7.89. The van der Waals surface area contributed by atoms with Crippen LogP contribution in [0.15, 0.2) is 29.4 Å². The molecule has 3 fully saturated rings. The van der Waals surface area contributed by atoms with E-state index in [0.29, 0.717) is 19.2 Å². The molecule has 1 aromatic heterocycles. The lowest BCUT2D eigenvalue weighted by atomic mass is 9.77. The van der Waals surface area contributed by atoms with Crippen LogP contribution in [0.3, 0.4) is 0 Å². The maximum absolute atomic E-state index is 12.8. The minimum absolute atomic E-state index is 0.153. The molecule has 0 N–H and O–H groups in total. The highest BCUT2D eigenvalue weighted by atomic mass is 32.2. The average molecular weight is 394 g/mol. The Morgan fingerprint density at radius 2 is 2.07 bits per heavy atom. The number of aromatic nitrogens is 1. The number of likely N-dealkylation sites (tertiary alicyclic amines) is 1. The fourth-order valence-electron chi connectivity index (χ4n) is 4.93. The van der Waals surface area contributed by atoms with E-state index >= 15 is 0 Å². The summed E-state index contributed by atoms with van der Waals surface area (Å²) in [5.41, 5.74) is 0.155. The monoisotopic (exact) mass is 393 g/mol. The van der Waals surface area contributed by atoms with E-state index in [1.165, 1.54) is 32.1 Å². The van der Waals surface area contributed by atoms with Gasteiger partial charge in [0.25, 0.3) is 10.0 Å². The van der Waals surface area contributed by atoms with Gasteiger partial charge in [-0.2, -0.15) is 4.31 Å². The second-order valence-electron chi connectivity index (χ2n) is 8.72. The lowest BCUT2D eigenvalue weighted by Gasteiger charge is -2.37. The van der Waals surface area contributed by atoms with Crippen molar-refractivity contribution in [2.24, 2.45) is 11.3 Å². The number of rotatable bonds is 4. The van der Waals surface area contributed by atoms with E-state index in [1.807, 2.05) is 0 Å². The number of piperidine rings is 2. The molecule has 0 saturated carbocycles. The number of ether oxygens (including phenoxy) is 1. The van der Waals surface area contributed by atoms with Gasteiger partial charge in [-0.3, -0.25) is 0 Å². The molecule has 2 unspecified atom stereocenters. The highest BCUT2D eigenvalue weighted by Gasteiger charge is 2.45. The molecule has 2 atom stereocenters. The van der Waals surface area contributed by atoms with Gasteiger partial charge in [-0.25, -0.2) is 13.4 Å². The van der Waals surface area contributed by atoms with Gasteiger partial charge in [0.1, 0.15) is 0 Å². The lowest BCUT2D eigenvalue weighted by molar-refractivity contribution is 0.0482. The Morgan fingerprint density at radius 3 is 2.78 bits per heavy atom. The zero-order valence-corrected chi connectivity index (χ0v) is 17.0. The Hall–Kier alpha value is -1.02. The van der Waals surface area contributed by atoms with Crippen LogP contribution in [0, 0.1) is 11.3 Å². The third-order valence-electron chi connectivity index (χ3n) is 6.51. The fourth-order valence-corrected chi connectivity index (χ4v) is 6.31. The SMILES string of the molecule is CC1CCCN(CC2CC3(CCN(S(=O)(=O)c4ccccn4)CC3)CO2)C1. The standard InChI is InChI=1S/C20H31N3O3S/c1-17-5-4-10-22(14-17)15-18-13-20(16-26-18)7-11-23(12-8-20)27(24,25)19-6-2-3-9-21-19/h2-3,6,9,17-18H,4-5,7-8,10-16H2,1H3. The van der Waals surface area contributed by atoms with E-state index in [9.17, 15) is 8.42 Å². The summed E-state index contributed by atoms with van der Waals surface area (Å²) in [7, 11) is -3.48. The predicted molar refractivity (Wildman–Crippen MR) is 104 cm³/mol. The zero-order chi connectivity index (χ0) is 18.9. The molecule has 150 valence electrons. The van der Waals surface area contributed by atoms with Crippen molar-refractivity contribution < 1.29 is 13.2 Å². The lowest BCUT2D eigenvalue weighted by Crippen LogP contribution is -2.44. The summed E-state index contributed by atoms with van der Waals surface area (Å²) in [6.45, 7) is 7.64. The first kappa shape index (κ1) is 19.3. The Kier molecular flexibility index (Phi) is 5.56. The third-order valence-corrected chi connectivity index (χ3v) is 8.33. The number of pyridine rings is 1. The van der Waals surface area contributed by atoms with Gasteiger partial charge < -0.3 is 9.64 Å². The van der Waals surface area contributed by atoms with E-state index in [0.717, 1.165) is 38.3 Å². The highest BCUT2D eigenvalue weighted by Crippen LogP contribution is 2.43. The van der Waals surface area contributed by atoms with Crippen LogP contribution in [0.1, 0.15) is 39.0 Å². The van der Waals surface area contributed by atoms with Crippen molar-refractivity contribution in [2.45, 2.75) is 50.2 Å². The molecule has 0 amide bonds. The second-order valence-corrected chi connectivity index (χ2v) is 10.6. The topological polar surface area (TPSA) is 62.7 Å². The first-order valence-electron chi connectivity index (χ1n) is 10.2. The first-order valence-corrected chi connectivity index (χ1v) is 11.7. The van der Waals surface area contributed by atoms with Crippen LogP contribution in [0.4, 0.5) is 0 Å². The van der Waals surface area contributed by atoms with Crippen LogP contribution in [0.2, 0.25) is 0 Å². The maximum Gasteiger partial charge on any atom is 0.260 e. The van der Waals surface area contributed by atoms with Crippen molar-refractivity contribution >= 4 is 10.0 Å². The van der Waals surface area contributed by atoms with Crippen LogP contribution in [0.25, 0.3) is 0 Å². The van der Waals surface area contributed by atoms with E-state index in [-0.39, 0.29) is 10.4 Å². The van der Waals surface area contributed by atoms with Crippen molar-refractivity contribution in [1.82, 2.24) is 14.2 Å².